The number of halogens is 1. The van der Waals surface area contributed by atoms with Crippen molar-refractivity contribution in [1.82, 2.24) is 0 Å². The van der Waals surface area contributed by atoms with Crippen LogP contribution in [0.15, 0.2) is 5.38 Å². The van der Waals surface area contributed by atoms with Gasteiger partial charge in [0, 0.05) is 5.38 Å². The molecule has 20 heavy (non-hydrogen) atoms. The summed E-state index contributed by atoms with van der Waals surface area (Å²) in [5.41, 5.74) is -1.09. The third-order valence-electron chi connectivity index (χ3n) is 1.97. The number of hydrogen-bond acceptors (Lipinski definition) is 5. The Morgan fingerprint density at radius 2 is 1.45 bits per heavy atom. The van der Waals surface area contributed by atoms with Crippen LogP contribution in [0.1, 0.15) is 62.3 Å². The Hall–Kier alpha value is -1.07. The Morgan fingerprint density at radius 3 is 1.90 bits per heavy atom. The summed E-state index contributed by atoms with van der Waals surface area (Å²) in [6.07, 6.45) is 0. The first kappa shape index (κ1) is 17.0. The van der Waals surface area contributed by atoms with Crippen LogP contribution in [0.4, 0.5) is 0 Å². The molecule has 0 aliphatic rings. The number of ether oxygens (including phenoxy) is 2. The molecule has 1 aromatic rings. The normalized spacial score (nSPS) is 12.2. The highest BCUT2D eigenvalue weighted by atomic mass is 35.5. The molecular weight excluding hydrogens is 300 g/mol. The third-order valence-corrected chi connectivity index (χ3v) is 3.19. The van der Waals surface area contributed by atoms with Crippen molar-refractivity contribution in [1.29, 1.82) is 0 Å². The first-order valence-electron chi connectivity index (χ1n) is 6.14. The Bertz CT molecular complexity index is 520. The summed E-state index contributed by atoms with van der Waals surface area (Å²) in [5.74, 6) is -1.20. The van der Waals surface area contributed by atoms with Crippen molar-refractivity contribution in [2.75, 3.05) is 0 Å². The molecule has 0 N–H and O–H groups in total. The van der Waals surface area contributed by atoms with Crippen LogP contribution < -0.4 is 0 Å². The van der Waals surface area contributed by atoms with E-state index in [9.17, 15) is 9.59 Å². The molecule has 1 rings (SSSR count). The predicted molar refractivity (Wildman–Crippen MR) is 79.7 cm³/mol. The fourth-order valence-corrected chi connectivity index (χ4v) is 2.40. The molecule has 112 valence electrons. The van der Waals surface area contributed by atoms with Gasteiger partial charge in [-0.25, -0.2) is 9.59 Å². The highest BCUT2D eigenvalue weighted by Gasteiger charge is 2.29. The Morgan fingerprint density at radius 1 is 1.00 bits per heavy atom. The molecule has 0 saturated carbocycles. The summed E-state index contributed by atoms with van der Waals surface area (Å²) in [6.45, 7) is 10.5. The van der Waals surface area contributed by atoms with E-state index in [2.05, 4.69) is 0 Å². The number of carbonyl (C=O) groups excluding carboxylic acids is 2. The topological polar surface area (TPSA) is 52.6 Å². The number of carbonyl (C=O) groups is 2. The maximum absolute atomic E-state index is 12.1. The summed E-state index contributed by atoms with van der Waals surface area (Å²) in [7, 11) is 0. The Balaban J connectivity index is 3.07. The van der Waals surface area contributed by atoms with Crippen LogP contribution in [0, 0.1) is 0 Å². The molecule has 1 heterocycles. The van der Waals surface area contributed by atoms with Gasteiger partial charge in [0.1, 0.15) is 21.1 Å². The van der Waals surface area contributed by atoms with Gasteiger partial charge in [-0.15, -0.1) is 11.3 Å². The average Bonchev–Trinajstić information content (AvgIpc) is 2.54. The SMILES string of the molecule is CC(C)(C)OC(=O)c1csc(Cl)c1C(=O)OC(C)(C)C. The van der Waals surface area contributed by atoms with Gasteiger partial charge in [-0.05, 0) is 41.5 Å². The third kappa shape index (κ3) is 4.80. The Labute approximate surface area is 128 Å². The zero-order valence-electron chi connectivity index (χ0n) is 12.5. The summed E-state index contributed by atoms with van der Waals surface area (Å²) in [6, 6.07) is 0. The second-order valence-corrected chi connectivity index (χ2v) is 7.78. The maximum atomic E-state index is 12.1. The summed E-state index contributed by atoms with van der Waals surface area (Å²) in [4.78, 5) is 24.2. The molecule has 1 aromatic heterocycles. The molecule has 0 aromatic carbocycles. The minimum Gasteiger partial charge on any atom is -0.456 e. The molecule has 0 unspecified atom stereocenters. The van der Waals surface area contributed by atoms with Crippen LogP contribution in [-0.4, -0.2) is 23.1 Å². The molecule has 4 nitrogen and oxygen atoms in total. The smallest absolute Gasteiger partial charge is 0.341 e. The van der Waals surface area contributed by atoms with E-state index < -0.39 is 23.1 Å². The summed E-state index contributed by atoms with van der Waals surface area (Å²) in [5, 5.41) is 1.51. The molecule has 0 amide bonds. The van der Waals surface area contributed by atoms with Gasteiger partial charge in [0.05, 0.1) is 5.56 Å². The lowest BCUT2D eigenvalue weighted by Gasteiger charge is -2.21. The fraction of sp³-hybridized carbons (Fsp3) is 0.571. The summed E-state index contributed by atoms with van der Waals surface area (Å²) >= 11 is 7.10. The van der Waals surface area contributed by atoms with E-state index in [-0.39, 0.29) is 15.5 Å². The van der Waals surface area contributed by atoms with Crippen LogP contribution in [0.25, 0.3) is 0 Å². The van der Waals surface area contributed by atoms with Crippen LogP contribution in [0.2, 0.25) is 4.34 Å². The summed E-state index contributed by atoms with van der Waals surface area (Å²) < 4.78 is 10.7. The zero-order valence-corrected chi connectivity index (χ0v) is 14.1. The van der Waals surface area contributed by atoms with Gasteiger partial charge in [-0.2, -0.15) is 0 Å². The van der Waals surface area contributed by atoms with E-state index in [1.54, 1.807) is 41.5 Å². The minimum atomic E-state index is -0.659. The largest absolute Gasteiger partial charge is 0.456 e. The zero-order chi connectivity index (χ0) is 15.7. The van der Waals surface area contributed by atoms with E-state index in [0.717, 1.165) is 11.3 Å². The van der Waals surface area contributed by atoms with Gasteiger partial charge >= 0.3 is 11.9 Å². The lowest BCUT2D eigenvalue weighted by molar-refractivity contribution is 0.00201. The molecule has 0 bridgehead atoms. The second-order valence-electron chi connectivity index (χ2n) is 6.30. The lowest BCUT2D eigenvalue weighted by atomic mass is 10.1. The van der Waals surface area contributed by atoms with E-state index in [4.69, 9.17) is 21.1 Å². The number of hydrogen-bond donors (Lipinski definition) is 0. The lowest BCUT2D eigenvalue weighted by Crippen LogP contribution is -2.27. The number of thiophene rings is 1. The quantitative estimate of drug-likeness (QED) is 0.762. The predicted octanol–water partition coefficient (Wildman–Crippen LogP) is 4.31. The fourth-order valence-electron chi connectivity index (χ4n) is 1.34. The monoisotopic (exact) mass is 318 g/mol. The van der Waals surface area contributed by atoms with Crippen LogP contribution in [-0.2, 0) is 9.47 Å². The van der Waals surface area contributed by atoms with Crippen molar-refractivity contribution in [2.24, 2.45) is 0 Å². The maximum Gasteiger partial charge on any atom is 0.341 e. The van der Waals surface area contributed by atoms with Crippen LogP contribution in [0.3, 0.4) is 0 Å². The molecule has 0 spiro atoms. The van der Waals surface area contributed by atoms with Crippen molar-refractivity contribution in [3.63, 3.8) is 0 Å². The first-order valence-corrected chi connectivity index (χ1v) is 7.40. The molecule has 0 fully saturated rings. The van der Waals surface area contributed by atoms with Crippen molar-refractivity contribution >= 4 is 34.9 Å². The van der Waals surface area contributed by atoms with Gasteiger partial charge in [-0.3, -0.25) is 0 Å². The number of esters is 2. The van der Waals surface area contributed by atoms with Crippen molar-refractivity contribution in [3.05, 3.63) is 20.8 Å². The highest BCUT2D eigenvalue weighted by Crippen LogP contribution is 2.31. The van der Waals surface area contributed by atoms with Gasteiger partial charge < -0.3 is 9.47 Å². The first-order chi connectivity index (χ1) is 8.91. The molecular formula is C14H19ClO4S. The minimum absolute atomic E-state index is 0.0702. The van der Waals surface area contributed by atoms with Crippen molar-refractivity contribution in [2.45, 2.75) is 52.7 Å². The molecule has 0 aliphatic carbocycles. The molecule has 0 saturated heterocycles. The van der Waals surface area contributed by atoms with E-state index >= 15 is 0 Å². The molecule has 0 radical (unpaired) electrons. The van der Waals surface area contributed by atoms with E-state index in [1.165, 1.54) is 5.38 Å². The van der Waals surface area contributed by atoms with Crippen molar-refractivity contribution < 1.29 is 19.1 Å². The highest BCUT2D eigenvalue weighted by molar-refractivity contribution is 7.15. The Kier molecular flexibility index (Phi) is 4.87. The van der Waals surface area contributed by atoms with Crippen LogP contribution >= 0.6 is 22.9 Å². The van der Waals surface area contributed by atoms with E-state index in [0.29, 0.717) is 0 Å². The van der Waals surface area contributed by atoms with Gasteiger partial charge in [0.2, 0.25) is 0 Å². The average molecular weight is 319 g/mol. The second kappa shape index (κ2) is 5.74. The van der Waals surface area contributed by atoms with E-state index in [1.807, 2.05) is 0 Å². The van der Waals surface area contributed by atoms with Gasteiger partial charge in [-0.1, -0.05) is 11.6 Å². The van der Waals surface area contributed by atoms with Gasteiger partial charge in [0.25, 0.3) is 0 Å². The van der Waals surface area contributed by atoms with Crippen LogP contribution in [0.5, 0.6) is 0 Å². The molecule has 0 aliphatic heterocycles. The number of rotatable bonds is 2. The molecule has 6 heteroatoms. The molecule has 0 atom stereocenters. The standard InChI is InChI=1S/C14H19ClO4S/c1-13(2,3)18-11(16)8-7-20-10(15)9(8)12(17)19-14(4,5)6/h7H,1-6H3. The van der Waals surface area contributed by atoms with Gasteiger partial charge in [0.15, 0.2) is 0 Å². The van der Waals surface area contributed by atoms with Crippen molar-refractivity contribution in [3.8, 4) is 0 Å².